The number of hydrogen-bond acceptors (Lipinski definition) is 2. The molecule has 1 unspecified atom stereocenters. The molecule has 0 aromatic heterocycles. The number of fused-ring (bicyclic) bond motifs is 1. The second kappa shape index (κ2) is 4.27. The lowest BCUT2D eigenvalue weighted by molar-refractivity contribution is 0.298. The summed E-state index contributed by atoms with van der Waals surface area (Å²) in [6.07, 6.45) is 5.24. The van der Waals surface area contributed by atoms with Crippen molar-refractivity contribution < 1.29 is 0 Å². The van der Waals surface area contributed by atoms with Gasteiger partial charge in [-0.2, -0.15) is 0 Å². The van der Waals surface area contributed by atoms with Crippen LogP contribution in [0.2, 0.25) is 5.02 Å². The molecule has 1 aliphatic carbocycles. The zero-order valence-electron chi connectivity index (χ0n) is 9.30. The maximum Gasteiger partial charge on any atom is 0.0426 e. The minimum Gasteiger partial charge on any atom is -0.385 e. The van der Waals surface area contributed by atoms with Crippen LogP contribution in [0.4, 0.5) is 5.69 Å². The first-order valence-electron chi connectivity index (χ1n) is 6.12. The molecule has 1 fully saturated rings. The number of hydrogen-bond donors (Lipinski definition) is 2. The average molecular weight is 237 g/mol. The van der Waals surface area contributed by atoms with Crippen LogP contribution in [-0.2, 0) is 0 Å². The summed E-state index contributed by atoms with van der Waals surface area (Å²) in [6.45, 7) is 1.04. The molecular formula is C13H17ClN2. The zero-order chi connectivity index (χ0) is 11.0. The maximum absolute atomic E-state index is 6.01. The SMILES string of the molecule is Clc1ccc2c(c1)NCCC2NC1CCC1. The first-order chi connectivity index (χ1) is 7.83. The van der Waals surface area contributed by atoms with Crippen LogP contribution in [0.5, 0.6) is 0 Å². The quantitative estimate of drug-likeness (QED) is 0.823. The largest absolute Gasteiger partial charge is 0.385 e. The van der Waals surface area contributed by atoms with Crippen molar-refractivity contribution in [3.05, 3.63) is 28.8 Å². The second-order valence-corrected chi connectivity index (χ2v) is 5.23. The Morgan fingerprint density at radius 1 is 1.25 bits per heavy atom. The van der Waals surface area contributed by atoms with Crippen LogP contribution in [-0.4, -0.2) is 12.6 Å². The van der Waals surface area contributed by atoms with Gasteiger partial charge in [0.25, 0.3) is 0 Å². The molecule has 1 aliphatic heterocycles. The molecule has 16 heavy (non-hydrogen) atoms. The van der Waals surface area contributed by atoms with Gasteiger partial charge in [-0.3, -0.25) is 0 Å². The summed E-state index contributed by atoms with van der Waals surface area (Å²) in [5.41, 5.74) is 2.58. The van der Waals surface area contributed by atoms with Crippen molar-refractivity contribution >= 4 is 17.3 Å². The zero-order valence-corrected chi connectivity index (χ0v) is 10.1. The third-order valence-electron chi connectivity index (χ3n) is 3.68. The molecule has 3 heteroatoms. The van der Waals surface area contributed by atoms with E-state index in [1.807, 2.05) is 12.1 Å². The lowest BCUT2D eigenvalue weighted by atomic mass is 9.89. The van der Waals surface area contributed by atoms with Gasteiger partial charge in [0, 0.05) is 29.3 Å². The van der Waals surface area contributed by atoms with Crippen molar-refractivity contribution in [3.8, 4) is 0 Å². The second-order valence-electron chi connectivity index (χ2n) is 4.79. The highest BCUT2D eigenvalue weighted by molar-refractivity contribution is 6.30. The van der Waals surface area contributed by atoms with E-state index in [4.69, 9.17) is 11.6 Å². The fourth-order valence-corrected chi connectivity index (χ4v) is 2.70. The van der Waals surface area contributed by atoms with Crippen LogP contribution in [0.15, 0.2) is 18.2 Å². The van der Waals surface area contributed by atoms with Crippen molar-refractivity contribution in [1.29, 1.82) is 0 Å². The third kappa shape index (κ3) is 1.92. The van der Waals surface area contributed by atoms with Gasteiger partial charge < -0.3 is 10.6 Å². The van der Waals surface area contributed by atoms with E-state index >= 15 is 0 Å². The normalized spacial score (nSPS) is 24.4. The molecular weight excluding hydrogens is 220 g/mol. The van der Waals surface area contributed by atoms with Gasteiger partial charge >= 0.3 is 0 Å². The van der Waals surface area contributed by atoms with Gasteiger partial charge in [0.15, 0.2) is 0 Å². The van der Waals surface area contributed by atoms with Gasteiger partial charge in [0.1, 0.15) is 0 Å². The van der Waals surface area contributed by atoms with Crippen LogP contribution in [0.25, 0.3) is 0 Å². The van der Waals surface area contributed by atoms with E-state index in [9.17, 15) is 0 Å². The Balaban J connectivity index is 1.81. The molecule has 2 aliphatic rings. The van der Waals surface area contributed by atoms with E-state index in [1.165, 1.54) is 36.9 Å². The van der Waals surface area contributed by atoms with Crippen LogP contribution in [0.3, 0.4) is 0 Å². The summed E-state index contributed by atoms with van der Waals surface area (Å²) >= 11 is 6.01. The first kappa shape index (κ1) is 10.4. The minimum atomic E-state index is 0.513. The Labute approximate surface area is 101 Å². The highest BCUT2D eigenvalue weighted by Crippen LogP contribution is 2.33. The average Bonchev–Trinajstić information content (AvgIpc) is 2.23. The molecule has 0 saturated heterocycles. The standard InChI is InChI=1S/C13H17ClN2/c14-9-4-5-11-12(16-10-2-1-3-10)6-7-15-13(11)8-9/h4-5,8,10,12,15-16H,1-3,6-7H2. The highest BCUT2D eigenvalue weighted by atomic mass is 35.5. The lowest BCUT2D eigenvalue weighted by Gasteiger charge is -2.35. The molecule has 86 valence electrons. The van der Waals surface area contributed by atoms with Crippen molar-refractivity contribution in [3.63, 3.8) is 0 Å². The van der Waals surface area contributed by atoms with Gasteiger partial charge in [0.05, 0.1) is 0 Å². The predicted molar refractivity (Wildman–Crippen MR) is 68.1 cm³/mol. The smallest absolute Gasteiger partial charge is 0.0426 e. The van der Waals surface area contributed by atoms with Crippen molar-refractivity contribution in [2.75, 3.05) is 11.9 Å². The monoisotopic (exact) mass is 236 g/mol. The Morgan fingerprint density at radius 2 is 2.12 bits per heavy atom. The molecule has 1 aromatic rings. The molecule has 1 heterocycles. The molecule has 1 aromatic carbocycles. The van der Waals surface area contributed by atoms with Crippen molar-refractivity contribution in [1.82, 2.24) is 5.32 Å². The van der Waals surface area contributed by atoms with Crippen molar-refractivity contribution in [2.45, 2.75) is 37.8 Å². The molecule has 1 saturated carbocycles. The molecule has 1 atom stereocenters. The number of anilines is 1. The molecule has 2 N–H and O–H groups in total. The molecule has 0 spiro atoms. The van der Waals surface area contributed by atoms with Gasteiger partial charge in [-0.25, -0.2) is 0 Å². The van der Waals surface area contributed by atoms with E-state index in [0.717, 1.165) is 17.6 Å². The molecule has 2 nitrogen and oxygen atoms in total. The summed E-state index contributed by atoms with van der Waals surface area (Å²) < 4.78 is 0. The Hall–Kier alpha value is -0.730. The number of rotatable bonds is 2. The van der Waals surface area contributed by atoms with E-state index in [0.29, 0.717) is 6.04 Å². The molecule has 0 bridgehead atoms. The van der Waals surface area contributed by atoms with Crippen LogP contribution in [0, 0.1) is 0 Å². The fraction of sp³-hybridized carbons (Fsp3) is 0.538. The molecule has 0 amide bonds. The topological polar surface area (TPSA) is 24.1 Å². The molecule has 0 radical (unpaired) electrons. The predicted octanol–water partition coefficient (Wildman–Crippen LogP) is 3.34. The van der Waals surface area contributed by atoms with Crippen LogP contribution >= 0.6 is 11.6 Å². The maximum atomic E-state index is 6.01. The van der Waals surface area contributed by atoms with Gasteiger partial charge in [0.2, 0.25) is 0 Å². The summed E-state index contributed by atoms with van der Waals surface area (Å²) in [5.74, 6) is 0. The summed E-state index contributed by atoms with van der Waals surface area (Å²) in [6, 6.07) is 7.43. The number of nitrogens with one attached hydrogen (secondary N) is 2. The third-order valence-corrected chi connectivity index (χ3v) is 3.92. The highest BCUT2D eigenvalue weighted by Gasteiger charge is 2.25. The van der Waals surface area contributed by atoms with Gasteiger partial charge in [-0.1, -0.05) is 24.1 Å². The first-order valence-corrected chi connectivity index (χ1v) is 6.50. The summed E-state index contributed by atoms with van der Waals surface area (Å²) in [7, 11) is 0. The van der Waals surface area contributed by atoms with Gasteiger partial charge in [-0.05, 0) is 37.0 Å². The lowest BCUT2D eigenvalue weighted by Crippen LogP contribution is -2.40. The Kier molecular flexibility index (Phi) is 2.78. The Morgan fingerprint density at radius 3 is 2.88 bits per heavy atom. The van der Waals surface area contributed by atoms with Crippen LogP contribution in [0.1, 0.15) is 37.3 Å². The molecule has 3 rings (SSSR count). The number of halogens is 1. The van der Waals surface area contributed by atoms with E-state index in [2.05, 4.69) is 16.7 Å². The van der Waals surface area contributed by atoms with Gasteiger partial charge in [-0.15, -0.1) is 0 Å². The summed E-state index contributed by atoms with van der Waals surface area (Å²) in [5, 5.41) is 7.98. The van der Waals surface area contributed by atoms with E-state index in [-0.39, 0.29) is 0 Å². The fourth-order valence-electron chi connectivity index (χ4n) is 2.52. The van der Waals surface area contributed by atoms with E-state index < -0.39 is 0 Å². The summed E-state index contributed by atoms with van der Waals surface area (Å²) in [4.78, 5) is 0. The van der Waals surface area contributed by atoms with E-state index in [1.54, 1.807) is 0 Å². The van der Waals surface area contributed by atoms with Crippen LogP contribution < -0.4 is 10.6 Å². The Bertz CT molecular complexity index is 388. The van der Waals surface area contributed by atoms with Crippen molar-refractivity contribution in [2.24, 2.45) is 0 Å². The number of benzene rings is 1. The minimum absolute atomic E-state index is 0.513.